The molecular formula is C32H54O5Si. The lowest BCUT2D eigenvalue weighted by molar-refractivity contribution is -0.236. The zero-order valence-electron chi connectivity index (χ0n) is 25.3. The molecule has 0 amide bonds. The maximum absolute atomic E-state index is 12.6. The molecule has 38 heavy (non-hydrogen) atoms. The molecule has 0 heterocycles. The van der Waals surface area contributed by atoms with Crippen molar-refractivity contribution >= 4 is 14.3 Å². The molecule has 2 N–H and O–H groups in total. The molecule has 216 valence electrons. The van der Waals surface area contributed by atoms with Gasteiger partial charge in [-0.2, -0.15) is 0 Å². The zero-order chi connectivity index (χ0) is 27.7. The zero-order valence-corrected chi connectivity index (χ0v) is 26.3. The number of fused-ring (bicyclic) bond motifs is 10. The van der Waals surface area contributed by atoms with Crippen molar-refractivity contribution in [1.29, 1.82) is 0 Å². The van der Waals surface area contributed by atoms with Crippen LogP contribution < -0.4 is 0 Å². The van der Waals surface area contributed by atoms with Crippen LogP contribution in [0, 0.1) is 52.3 Å². The first kappa shape index (κ1) is 27.7. The van der Waals surface area contributed by atoms with Gasteiger partial charge in [-0.15, -0.1) is 0 Å². The fourth-order valence-electron chi connectivity index (χ4n) is 11.0. The van der Waals surface area contributed by atoms with E-state index in [1.54, 1.807) is 0 Å². The van der Waals surface area contributed by atoms with E-state index in [2.05, 4.69) is 47.7 Å². The Morgan fingerprint density at radius 2 is 1.63 bits per heavy atom. The summed E-state index contributed by atoms with van der Waals surface area (Å²) in [7, 11) is -1.89. The van der Waals surface area contributed by atoms with Gasteiger partial charge in [0.25, 0.3) is 0 Å². The summed E-state index contributed by atoms with van der Waals surface area (Å²) in [5.74, 6) is 3.38. The summed E-state index contributed by atoms with van der Waals surface area (Å²) < 4.78 is 12.1. The summed E-state index contributed by atoms with van der Waals surface area (Å²) in [6, 6.07) is 0. The third kappa shape index (κ3) is 3.54. The van der Waals surface area contributed by atoms with Gasteiger partial charge in [0.05, 0.1) is 17.8 Å². The Morgan fingerprint density at radius 1 is 0.974 bits per heavy atom. The first-order valence-corrected chi connectivity index (χ1v) is 18.7. The summed E-state index contributed by atoms with van der Waals surface area (Å²) in [4.78, 5) is 12.2. The van der Waals surface area contributed by atoms with E-state index >= 15 is 0 Å². The summed E-state index contributed by atoms with van der Waals surface area (Å²) >= 11 is 0. The van der Waals surface area contributed by atoms with E-state index in [0.717, 1.165) is 44.9 Å². The molecule has 6 aliphatic carbocycles. The number of ether oxygens (including phenoxy) is 1. The van der Waals surface area contributed by atoms with Crippen molar-refractivity contribution in [2.24, 2.45) is 52.3 Å². The fourth-order valence-corrected chi connectivity index (χ4v) is 12.4. The first-order valence-electron chi connectivity index (χ1n) is 15.8. The van der Waals surface area contributed by atoms with E-state index in [1.807, 2.05) is 6.92 Å². The lowest BCUT2D eigenvalue weighted by atomic mass is 9.42. The number of carbonyl (C=O) groups excluding carboxylic acids is 1. The molecule has 0 spiro atoms. The average Bonchev–Trinajstić information content (AvgIpc) is 3.71. The van der Waals surface area contributed by atoms with Crippen LogP contribution >= 0.6 is 0 Å². The van der Waals surface area contributed by atoms with Crippen molar-refractivity contribution in [2.45, 2.75) is 135 Å². The second-order valence-electron chi connectivity index (χ2n) is 16.5. The molecule has 6 saturated carbocycles. The Bertz CT molecular complexity index is 991. The van der Waals surface area contributed by atoms with Gasteiger partial charge in [0.15, 0.2) is 8.32 Å². The highest BCUT2D eigenvalue weighted by Crippen LogP contribution is 2.82. The molecule has 5 nitrogen and oxygen atoms in total. The largest absolute Gasteiger partial charge is 0.466 e. The molecule has 0 aliphatic heterocycles. The third-order valence-electron chi connectivity index (χ3n) is 14.1. The number of aliphatic hydroxyl groups is 2. The molecule has 12 atom stereocenters. The molecule has 0 aromatic rings. The van der Waals surface area contributed by atoms with E-state index < -0.39 is 19.5 Å². The molecule has 6 fully saturated rings. The van der Waals surface area contributed by atoms with Crippen molar-refractivity contribution in [1.82, 2.24) is 0 Å². The number of esters is 1. The van der Waals surface area contributed by atoms with Crippen LogP contribution in [-0.2, 0) is 14.0 Å². The number of hydrogen-bond acceptors (Lipinski definition) is 5. The molecule has 6 heteroatoms. The van der Waals surface area contributed by atoms with Crippen molar-refractivity contribution in [3.63, 3.8) is 0 Å². The fraction of sp³-hybridized carbons (Fsp3) is 0.969. The smallest absolute Gasteiger partial charge is 0.305 e. The monoisotopic (exact) mass is 546 g/mol. The third-order valence-corrected chi connectivity index (χ3v) is 18.6. The first-order chi connectivity index (χ1) is 17.5. The van der Waals surface area contributed by atoms with Crippen molar-refractivity contribution in [3.05, 3.63) is 0 Å². The van der Waals surface area contributed by atoms with Crippen LogP contribution in [0.1, 0.15) is 99.3 Å². The highest BCUT2D eigenvalue weighted by Gasteiger charge is 2.81. The molecule has 0 aromatic heterocycles. The Balaban J connectivity index is 1.24. The van der Waals surface area contributed by atoms with Crippen LogP contribution in [0.25, 0.3) is 0 Å². The van der Waals surface area contributed by atoms with Crippen LogP contribution in [0.2, 0.25) is 18.1 Å². The topological polar surface area (TPSA) is 76.0 Å². The number of hydrogen-bond donors (Lipinski definition) is 2. The molecule has 3 unspecified atom stereocenters. The molecule has 0 bridgehead atoms. The van der Waals surface area contributed by atoms with E-state index in [-0.39, 0.29) is 27.9 Å². The second kappa shape index (κ2) is 8.32. The highest BCUT2D eigenvalue weighted by atomic mass is 28.4. The van der Waals surface area contributed by atoms with Gasteiger partial charge in [-0.05, 0) is 122 Å². The SMILES string of the molecule is CCOC(=O)CC[C@]1(O)[C@H]2C[C@H]2C2C3C(CC[C@@]21C)[C@@]1(C)CC[C@H](O[Si](C)(C)C(C)(C)C)C[C@@]1(O)[C@@H]1C[C@H]31. The van der Waals surface area contributed by atoms with Gasteiger partial charge in [-0.3, -0.25) is 4.79 Å². The molecule has 0 radical (unpaired) electrons. The minimum Gasteiger partial charge on any atom is -0.466 e. The standard InChI is InChI=1S/C32H54O5Si/c1-9-36-25(33)12-15-31(34)24-17-21(24)27-26-20-16-23(20)32(35)18-19(37-38(7,8)28(2,3)4)10-13-29(32,5)22(26)11-14-30(27,31)6/h19-24,26-27,34-35H,9-18H2,1-8H3/t19-,20-,21+,22?,23+,24-,26?,27?,29+,30-,31-,32+/m0/s1. The molecule has 0 aromatic carbocycles. The highest BCUT2D eigenvalue weighted by molar-refractivity contribution is 6.74. The van der Waals surface area contributed by atoms with Gasteiger partial charge >= 0.3 is 5.97 Å². The molecule has 6 rings (SSSR count). The van der Waals surface area contributed by atoms with Gasteiger partial charge in [0.2, 0.25) is 0 Å². The Hall–Kier alpha value is -0.433. The van der Waals surface area contributed by atoms with Crippen LogP contribution in [0.5, 0.6) is 0 Å². The maximum Gasteiger partial charge on any atom is 0.305 e. The Kier molecular flexibility index (Phi) is 6.07. The molecular weight excluding hydrogens is 492 g/mol. The van der Waals surface area contributed by atoms with E-state index in [1.165, 1.54) is 0 Å². The minimum atomic E-state index is -1.89. The number of carbonyl (C=O) groups is 1. The maximum atomic E-state index is 12.6. The molecule has 6 aliphatic rings. The summed E-state index contributed by atoms with van der Waals surface area (Å²) in [5.41, 5.74) is -1.58. The van der Waals surface area contributed by atoms with E-state index in [0.29, 0.717) is 60.9 Å². The molecule has 0 saturated heterocycles. The second-order valence-corrected chi connectivity index (χ2v) is 21.2. The van der Waals surface area contributed by atoms with Crippen molar-refractivity contribution in [2.75, 3.05) is 6.61 Å². The predicted octanol–water partition coefficient (Wildman–Crippen LogP) is 6.32. The van der Waals surface area contributed by atoms with Crippen molar-refractivity contribution < 1.29 is 24.2 Å². The van der Waals surface area contributed by atoms with Crippen LogP contribution in [0.3, 0.4) is 0 Å². The predicted molar refractivity (Wildman–Crippen MR) is 151 cm³/mol. The quantitative estimate of drug-likeness (QED) is 0.301. The Labute approximate surface area is 231 Å². The lowest BCUT2D eigenvalue weighted by Crippen LogP contribution is -2.66. The van der Waals surface area contributed by atoms with Gasteiger partial charge in [0, 0.05) is 18.9 Å². The van der Waals surface area contributed by atoms with Crippen LogP contribution in [0.15, 0.2) is 0 Å². The summed E-state index contributed by atoms with van der Waals surface area (Å²) in [5, 5.41) is 25.0. The van der Waals surface area contributed by atoms with Gasteiger partial charge in [-0.25, -0.2) is 0 Å². The van der Waals surface area contributed by atoms with Gasteiger partial charge in [0.1, 0.15) is 0 Å². The minimum absolute atomic E-state index is 0.0695. The van der Waals surface area contributed by atoms with Gasteiger partial charge < -0.3 is 19.4 Å². The van der Waals surface area contributed by atoms with E-state index in [4.69, 9.17) is 9.16 Å². The van der Waals surface area contributed by atoms with Crippen LogP contribution in [0.4, 0.5) is 0 Å². The average molecular weight is 547 g/mol. The van der Waals surface area contributed by atoms with Gasteiger partial charge in [-0.1, -0.05) is 34.6 Å². The number of rotatable bonds is 6. The van der Waals surface area contributed by atoms with E-state index in [9.17, 15) is 15.0 Å². The summed E-state index contributed by atoms with van der Waals surface area (Å²) in [6.45, 7) is 18.7. The van der Waals surface area contributed by atoms with Crippen molar-refractivity contribution in [3.8, 4) is 0 Å². The lowest BCUT2D eigenvalue weighted by Gasteiger charge is -2.65. The normalized spacial score (nSPS) is 52.7. The summed E-state index contributed by atoms with van der Waals surface area (Å²) in [6.07, 6.45) is 8.32. The Morgan fingerprint density at radius 3 is 2.29 bits per heavy atom. The van der Waals surface area contributed by atoms with Crippen LogP contribution in [-0.4, -0.2) is 48.4 Å².